The molecule has 0 unspecified atom stereocenters. The van der Waals surface area contributed by atoms with Crippen LogP contribution in [0.5, 0.6) is 11.5 Å². The van der Waals surface area contributed by atoms with Gasteiger partial charge in [0.15, 0.2) is 11.5 Å². The lowest BCUT2D eigenvalue weighted by molar-refractivity contribution is 0.0735. The molecule has 1 amide bonds. The predicted octanol–water partition coefficient (Wildman–Crippen LogP) is 2.92. The van der Waals surface area contributed by atoms with Crippen LogP contribution in [-0.2, 0) is 16.4 Å². The van der Waals surface area contributed by atoms with Crippen LogP contribution in [0.1, 0.15) is 46.8 Å². The Morgan fingerprint density at radius 1 is 1.06 bits per heavy atom. The molecule has 2 aromatic carbocycles. The third kappa shape index (κ3) is 5.37. The van der Waals surface area contributed by atoms with Crippen molar-refractivity contribution < 1.29 is 22.7 Å². The number of carbonyl (C=O) groups excluding carboxylic acids is 1. The van der Waals surface area contributed by atoms with E-state index in [-0.39, 0.29) is 11.9 Å². The van der Waals surface area contributed by atoms with Crippen molar-refractivity contribution in [3.05, 3.63) is 59.2 Å². The molecule has 4 rings (SSSR count). The van der Waals surface area contributed by atoms with Crippen LogP contribution in [0.25, 0.3) is 0 Å². The average molecular weight is 445 g/mol. The number of rotatable bonds is 6. The van der Waals surface area contributed by atoms with Gasteiger partial charge in [-0.2, -0.15) is 0 Å². The van der Waals surface area contributed by atoms with E-state index in [9.17, 15) is 13.2 Å². The predicted molar refractivity (Wildman–Crippen MR) is 118 cm³/mol. The maximum absolute atomic E-state index is 13.2. The Labute approximate surface area is 183 Å². The molecule has 2 aliphatic rings. The molecule has 7 nitrogen and oxygen atoms in total. The number of hydrogen-bond donors (Lipinski definition) is 1. The van der Waals surface area contributed by atoms with Crippen molar-refractivity contribution in [1.82, 2.24) is 9.62 Å². The van der Waals surface area contributed by atoms with E-state index in [0.717, 1.165) is 54.7 Å². The van der Waals surface area contributed by atoms with Crippen LogP contribution in [0.3, 0.4) is 0 Å². The second-order valence-corrected chi connectivity index (χ2v) is 9.86. The second kappa shape index (κ2) is 9.28. The van der Waals surface area contributed by atoms with Gasteiger partial charge in [0.05, 0.1) is 25.5 Å². The Bertz CT molecular complexity index is 1040. The maximum Gasteiger partial charge on any atom is 0.254 e. The Kier molecular flexibility index (Phi) is 6.48. The van der Waals surface area contributed by atoms with Crippen molar-refractivity contribution in [1.29, 1.82) is 0 Å². The van der Waals surface area contributed by atoms with E-state index >= 15 is 0 Å². The minimum atomic E-state index is -3.19. The number of sulfonamides is 1. The third-order valence-electron chi connectivity index (χ3n) is 5.65. The minimum Gasteiger partial charge on any atom is -0.490 e. The zero-order chi connectivity index (χ0) is 21.8. The summed E-state index contributed by atoms with van der Waals surface area (Å²) >= 11 is 0. The molecule has 1 saturated heterocycles. The number of ether oxygens (including phenoxy) is 2. The molecule has 1 fully saturated rings. The van der Waals surface area contributed by atoms with Crippen molar-refractivity contribution >= 4 is 15.9 Å². The molecule has 8 heteroatoms. The van der Waals surface area contributed by atoms with Crippen LogP contribution < -0.4 is 14.2 Å². The first-order chi connectivity index (χ1) is 14.9. The van der Waals surface area contributed by atoms with E-state index < -0.39 is 10.0 Å². The molecule has 31 heavy (non-hydrogen) atoms. The molecule has 1 atom stereocenters. The third-order valence-corrected chi connectivity index (χ3v) is 6.38. The number of likely N-dealkylation sites (tertiary alicyclic amines) is 1. The number of nitrogens with one attached hydrogen (secondary N) is 1. The highest BCUT2D eigenvalue weighted by atomic mass is 32.2. The van der Waals surface area contributed by atoms with E-state index in [1.54, 1.807) is 0 Å². The van der Waals surface area contributed by atoms with Gasteiger partial charge in [0, 0.05) is 25.1 Å². The Morgan fingerprint density at radius 3 is 2.55 bits per heavy atom. The van der Waals surface area contributed by atoms with Crippen LogP contribution >= 0.6 is 0 Å². The number of nitrogens with zero attached hydrogens (tertiary/aromatic N) is 1. The van der Waals surface area contributed by atoms with E-state index in [1.807, 2.05) is 47.4 Å². The molecule has 2 aromatic rings. The minimum absolute atomic E-state index is 0.00965. The molecule has 0 bridgehead atoms. The van der Waals surface area contributed by atoms with Gasteiger partial charge in [-0.05, 0) is 54.7 Å². The summed E-state index contributed by atoms with van der Waals surface area (Å²) in [5, 5.41) is 0. The normalized spacial score (nSPS) is 18.6. The molecule has 0 aromatic heterocycles. The monoisotopic (exact) mass is 444 g/mol. The van der Waals surface area contributed by atoms with Crippen molar-refractivity contribution in [3.8, 4) is 11.5 Å². The van der Waals surface area contributed by atoms with Crippen LogP contribution in [0.4, 0.5) is 0 Å². The molecule has 1 N–H and O–H groups in total. The fraction of sp³-hybridized carbons (Fsp3) is 0.435. The van der Waals surface area contributed by atoms with Gasteiger partial charge in [-0.3, -0.25) is 4.79 Å². The van der Waals surface area contributed by atoms with Gasteiger partial charge < -0.3 is 14.4 Å². The fourth-order valence-electron chi connectivity index (χ4n) is 4.10. The van der Waals surface area contributed by atoms with E-state index in [4.69, 9.17) is 9.47 Å². The summed E-state index contributed by atoms with van der Waals surface area (Å²) in [5.41, 5.74) is 2.69. The van der Waals surface area contributed by atoms with E-state index in [0.29, 0.717) is 31.7 Å². The highest BCUT2D eigenvalue weighted by Gasteiger charge is 2.31. The SMILES string of the molecule is CS(=O)(=O)NCCc1ccc(C(=O)N2CCC[C@@H]2c2ccc3c(c2)OCCCO3)cc1. The van der Waals surface area contributed by atoms with Gasteiger partial charge in [0.1, 0.15) is 0 Å². The van der Waals surface area contributed by atoms with Gasteiger partial charge in [-0.15, -0.1) is 0 Å². The molecular formula is C23H28N2O5S. The first-order valence-electron chi connectivity index (χ1n) is 10.6. The quantitative estimate of drug-likeness (QED) is 0.741. The molecular weight excluding hydrogens is 416 g/mol. The summed E-state index contributed by atoms with van der Waals surface area (Å²) in [6, 6.07) is 13.4. The largest absolute Gasteiger partial charge is 0.490 e. The van der Waals surface area contributed by atoms with Crippen molar-refractivity contribution in [2.45, 2.75) is 31.7 Å². The van der Waals surface area contributed by atoms with Gasteiger partial charge in [-0.1, -0.05) is 18.2 Å². The lowest BCUT2D eigenvalue weighted by atomic mass is 10.0. The standard InChI is InChI=1S/C23H28N2O5S/c1-31(27,28)24-12-11-17-5-7-18(8-6-17)23(26)25-13-2-4-20(25)19-9-10-21-22(16-19)30-15-3-14-29-21/h5-10,16,20,24H,2-4,11-15H2,1H3/t20-/m1/s1. The van der Waals surface area contributed by atoms with Gasteiger partial charge in [0.25, 0.3) is 5.91 Å². The maximum atomic E-state index is 13.2. The van der Waals surface area contributed by atoms with E-state index in [1.165, 1.54) is 0 Å². The Morgan fingerprint density at radius 2 is 1.81 bits per heavy atom. The smallest absolute Gasteiger partial charge is 0.254 e. The molecule has 2 aliphatic heterocycles. The molecule has 0 saturated carbocycles. The van der Waals surface area contributed by atoms with Crippen molar-refractivity contribution in [3.63, 3.8) is 0 Å². The van der Waals surface area contributed by atoms with E-state index in [2.05, 4.69) is 4.72 Å². The van der Waals surface area contributed by atoms with Crippen molar-refractivity contribution in [2.24, 2.45) is 0 Å². The number of carbonyl (C=O) groups is 1. The molecule has 0 aliphatic carbocycles. The summed E-state index contributed by atoms with van der Waals surface area (Å²) in [7, 11) is -3.19. The molecule has 0 spiro atoms. The Balaban J connectivity index is 1.45. The number of fused-ring (bicyclic) bond motifs is 1. The van der Waals surface area contributed by atoms with Crippen LogP contribution in [0, 0.1) is 0 Å². The van der Waals surface area contributed by atoms with Crippen LogP contribution in [0.15, 0.2) is 42.5 Å². The van der Waals surface area contributed by atoms with Crippen molar-refractivity contribution in [2.75, 3.05) is 32.6 Å². The molecule has 0 radical (unpaired) electrons. The Hall–Kier alpha value is -2.58. The zero-order valence-corrected chi connectivity index (χ0v) is 18.5. The first kappa shape index (κ1) is 21.6. The first-order valence-corrected chi connectivity index (χ1v) is 12.5. The summed E-state index contributed by atoms with van der Waals surface area (Å²) in [5.74, 6) is 1.52. The van der Waals surface area contributed by atoms with Gasteiger partial charge >= 0.3 is 0 Å². The summed E-state index contributed by atoms with van der Waals surface area (Å²) < 4.78 is 36.4. The number of benzene rings is 2. The summed E-state index contributed by atoms with van der Waals surface area (Å²) in [6.07, 6.45) is 4.45. The van der Waals surface area contributed by atoms with Crippen LogP contribution in [-0.4, -0.2) is 51.8 Å². The number of amides is 1. The summed E-state index contributed by atoms with van der Waals surface area (Å²) in [6.45, 7) is 2.35. The fourth-order valence-corrected chi connectivity index (χ4v) is 4.58. The lowest BCUT2D eigenvalue weighted by Gasteiger charge is -2.26. The molecule has 2 heterocycles. The van der Waals surface area contributed by atoms with Gasteiger partial charge in [-0.25, -0.2) is 13.1 Å². The number of hydrogen-bond acceptors (Lipinski definition) is 5. The second-order valence-electron chi connectivity index (χ2n) is 8.03. The zero-order valence-electron chi connectivity index (χ0n) is 17.7. The highest BCUT2D eigenvalue weighted by Crippen LogP contribution is 2.38. The average Bonchev–Trinajstić information content (AvgIpc) is 3.11. The summed E-state index contributed by atoms with van der Waals surface area (Å²) in [4.78, 5) is 15.1. The van der Waals surface area contributed by atoms with Gasteiger partial charge in [0.2, 0.25) is 10.0 Å². The topological polar surface area (TPSA) is 84.9 Å². The molecule has 166 valence electrons. The van der Waals surface area contributed by atoms with Crippen LogP contribution in [0.2, 0.25) is 0 Å². The highest BCUT2D eigenvalue weighted by molar-refractivity contribution is 7.88. The lowest BCUT2D eigenvalue weighted by Crippen LogP contribution is -2.30.